The molecular formula is C18H19BrFNO3. The van der Waals surface area contributed by atoms with Gasteiger partial charge in [0.05, 0.1) is 12.1 Å². The van der Waals surface area contributed by atoms with Gasteiger partial charge in [-0.3, -0.25) is 0 Å². The van der Waals surface area contributed by atoms with Gasteiger partial charge in [0.2, 0.25) is 0 Å². The molecule has 0 fully saturated rings. The number of hydrogen-bond donors (Lipinski definition) is 2. The van der Waals surface area contributed by atoms with Crippen LogP contribution in [0.3, 0.4) is 0 Å². The molecule has 0 saturated heterocycles. The van der Waals surface area contributed by atoms with Crippen molar-refractivity contribution < 1.29 is 19.4 Å². The molecule has 1 amide bonds. The molecule has 2 aromatic carbocycles. The largest absolute Gasteiger partial charge is 0.465 e. The molecule has 0 aliphatic rings. The maximum atomic E-state index is 12.9. The van der Waals surface area contributed by atoms with Crippen molar-refractivity contribution in [2.24, 2.45) is 0 Å². The monoisotopic (exact) mass is 395 g/mol. The van der Waals surface area contributed by atoms with Gasteiger partial charge in [0.15, 0.2) is 0 Å². The van der Waals surface area contributed by atoms with E-state index >= 15 is 0 Å². The highest BCUT2D eigenvalue weighted by Crippen LogP contribution is 2.25. The maximum absolute atomic E-state index is 12.9. The lowest BCUT2D eigenvalue weighted by Crippen LogP contribution is -2.33. The molecule has 0 radical (unpaired) electrons. The average Bonchev–Trinajstić information content (AvgIpc) is 2.55. The second-order valence-corrected chi connectivity index (χ2v) is 6.48. The van der Waals surface area contributed by atoms with Crippen molar-refractivity contribution in [1.82, 2.24) is 4.90 Å². The van der Waals surface area contributed by atoms with E-state index in [9.17, 15) is 19.4 Å². The van der Waals surface area contributed by atoms with Crippen LogP contribution in [0.1, 0.15) is 36.6 Å². The molecule has 0 aliphatic heterocycles. The van der Waals surface area contributed by atoms with Crippen LogP contribution >= 0.6 is 15.9 Å². The minimum absolute atomic E-state index is 0.172. The van der Waals surface area contributed by atoms with Crippen molar-refractivity contribution in [2.45, 2.75) is 25.5 Å². The Morgan fingerprint density at radius 1 is 1.12 bits per heavy atom. The highest BCUT2D eigenvalue weighted by Gasteiger charge is 2.22. The van der Waals surface area contributed by atoms with Crippen LogP contribution in [0.5, 0.6) is 0 Å². The summed E-state index contributed by atoms with van der Waals surface area (Å²) in [5.74, 6) is -0.373. The first-order chi connectivity index (χ1) is 11.4. The Morgan fingerprint density at radius 3 is 2.21 bits per heavy atom. The number of rotatable bonds is 6. The van der Waals surface area contributed by atoms with Gasteiger partial charge in [-0.1, -0.05) is 40.2 Å². The highest BCUT2D eigenvalue weighted by molar-refractivity contribution is 9.10. The van der Waals surface area contributed by atoms with Crippen molar-refractivity contribution in [3.63, 3.8) is 0 Å². The van der Waals surface area contributed by atoms with Gasteiger partial charge in [0, 0.05) is 11.0 Å². The molecule has 0 heterocycles. The molecule has 0 aliphatic carbocycles. The quantitative estimate of drug-likeness (QED) is 0.741. The van der Waals surface area contributed by atoms with E-state index in [0.717, 1.165) is 10.0 Å². The summed E-state index contributed by atoms with van der Waals surface area (Å²) in [6.07, 6.45) is -1.65. The molecule has 2 aromatic rings. The summed E-state index contributed by atoms with van der Waals surface area (Å²) < 4.78 is 13.8. The number of nitrogens with zero attached hydrogens (tertiary/aromatic N) is 1. The summed E-state index contributed by atoms with van der Waals surface area (Å²) in [5, 5.41) is 19.6. The molecule has 2 N–H and O–H groups in total. The van der Waals surface area contributed by atoms with E-state index in [1.54, 1.807) is 0 Å². The molecule has 1 unspecified atom stereocenters. The summed E-state index contributed by atoms with van der Waals surface area (Å²) >= 11 is 3.35. The van der Waals surface area contributed by atoms with E-state index in [1.807, 2.05) is 31.2 Å². The number of amides is 1. The Balaban J connectivity index is 2.04. The Labute approximate surface area is 148 Å². The third kappa shape index (κ3) is 4.79. The molecule has 0 aromatic heterocycles. The van der Waals surface area contributed by atoms with E-state index in [-0.39, 0.29) is 24.8 Å². The van der Waals surface area contributed by atoms with Crippen LogP contribution in [0.25, 0.3) is 0 Å². The molecule has 0 spiro atoms. The predicted octanol–water partition coefficient (Wildman–Crippen LogP) is 4.75. The topological polar surface area (TPSA) is 60.8 Å². The smallest absolute Gasteiger partial charge is 0.407 e. The van der Waals surface area contributed by atoms with Crippen LogP contribution in [-0.4, -0.2) is 27.8 Å². The lowest BCUT2D eigenvalue weighted by molar-refractivity contribution is 0.106. The van der Waals surface area contributed by atoms with Crippen molar-refractivity contribution in [3.8, 4) is 0 Å². The van der Waals surface area contributed by atoms with Crippen molar-refractivity contribution in [3.05, 3.63) is 69.9 Å². The standard InChI is InChI=1S/C18H19BrFNO3/c1-12(13-2-6-15(19)7-3-13)21(18(23)24)11-10-17(22)14-4-8-16(20)9-5-14/h2-9,12,17,22H,10-11H2,1H3,(H,23,24)/t12?,17-/m0/s1. The van der Waals surface area contributed by atoms with E-state index in [0.29, 0.717) is 5.56 Å². The first kappa shape index (κ1) is 18.4. The SMILES string of the molecule is CC(c1ccc(Br)cc1)N(CC[C@H](O)c1ccc(F)cc1)C(=O)O. The Bertz CT molecular complexity index is 676. The van der Waals surface area contributed by atoms with E-state index in [2.05, 4.69) is 15.9 Å². The summed E-state index contributed by atoms with van der Waals surface area (Å²) in [7, 11) is 0. The summed E-state index contributed by atoms with van der Waals surface area (Å²) in [4.78, 5) is 12.8. The van der Waals surface area contributed by atoms with Crippen molar-refractivity contribution in [2.75, 3.05) is 6.54 Å². The number of hydrogen-bond acceptors (Lipinski definition) is 2. The van der Waals surface area contributed by atoms with Crippen molar-refractivity contribution >= 4 is 22.0 Å². The number of carboxylic acid groups (broad SMARTS) is 1. The number of aliphatic hydroxyl groups excluding tert-OH is 1. The number of benzene rings is 2. The van der Waals surface area contributed by atoms with Gasteiger partial charge < -0.3 is 15.1 Å². The second-order valence-electron chi connectivity index (χ2n) is 5.56. The van der Waals surface area contributed by atoms with Crippen molar-refractivity contribution in [1.29, 1.82) is 0 Å². The normalized spacial score (nSPS) is 13.3. The molecule has 2 atom stereocenters. The molecule has 24 heavy (non-hydrogen) atoms. The fourth-order valence-electron chi connectivity index (χ4n) is 2.49. The number of halogens is 2. The van der Waals surface area contributed by atoms with Gasteiger partial charge in [-0.2, -0.15) is 0 Å². The molecule has 4 nitrogen and oxygen atoms in total. The van der Waals surface area contributed by atoms with Gasteiger partial charge >= 0.3 is 6.09 Å². The minimum Gasteiger partial charge on any atom is -0.465 e. The zero-order chi connectivity index (χ0) is 17.7. The van der Waals surface area contributed by atoms with E-state index < -0.39 is 12.2 Å². The maximum Gasteiger partial charge on any atom is 0.407 e. The van der Waals surface area contributed by atoms with Crippen LogP contribution in [-0.2, 0) is 0 Å². The Kier molecular flexibility index (Phi) is 6.34. The molecule has 0 saturated carbocycles. The lowest BCUT2D eigenvalue weighted by atomic mass is 10.0. The summed E-state index contributed by atoms with van der Waals surface area (Å²) in [5.41, 5.74) is 1.44. The van der Waals surface area contributed by atoms with Crippen LogP contribution in [0.2, 0.25) is 0 Å². The molecule has 2 rings (SSSR count). The fourth-order valence-corrected chi connectivity index (χ4v) is 2.75. The predicted molar refractivity (Wildman–Crippen MR) is 93.3 cm³/mol. The average molecular weight is 396 g/mol. The van der Waals surface area contributed by atoms with Gasteiger partial charge in [-0.25, -0.2) is 9.18 Å². The van der Waals surface area contributed by atoms with Gasteiger partial charge in [0.25, 0.3) is 0 Å². The second kappa shape index (κ2) is 8.26. The van der Waals surface area contributed by atoms with E-state index in [4.69, 9.17) is 0 Å². The lowest BCUT2D eigenvalue weighted by Gasteiger charge is -2.28. The van der Waals surface area contributed by atoms with E-state index in [1.165, 1.54) is 29.2 Å². The van der Waals surface area contributed by atoms with Crippen LogP contribution in [0.15, 0.2) is 53.0 Å². The first-order valence-corrected chi connectivity index (χ1v) is 8.36. The molecular weight excluding hydrogens is 377 g/mol. The summed E-state index contributed by atoms with van der Waals surface area (Å²) in [6.45, 7) is 1.98. The summed E-state index contributed by atoms with van der Waals surface area (Å²) in [6, 6.07) is 12.7. The molecule has 6 heteroatoms. The third-order valence-electron chi connectivity index (χ3n) is 3.96. The minimum atomic E-state index is -1.04. The molecule has 128 valence electrons. The van der Waals surface area contributed by atoms with Gasteiger partial charge in [-0.15, -0.1) is 0 Å². The third-order valence-corrected chi connectivity index (χ3v) is 4.49. The highest BCUT2D eigenvalue weighted by atomic mass is 79.9. The van der Waals surface area contributed by atoms with Crippen LogP contribution in [0, 0.1) is 5.82 Å². The molecule has 0 bridgehead atoms. The Morgan fingerprint density at radius 2 is 1.67 bits per heavy atom. The van der Waals surface area contributed by atoms with Crippen LogP contribution in [0.4, 0.5) is 9.18 Å². The zero-order valence-corrected chi connectivity index (χ0v) is 14.8. The zero-order valence-electron chi connectivity index (χ0n) is 13.2. The Hall–Kier alpha value is -1.92. The van der Waals surface area contributed by atoms with Gasteiger partial charge in [0.1, 0.15) is 5.82 Å². The number of aliphatic hydroxyl groups is 1. The fraction of sp³-hybridized carbons (Fsp3) is 0.278. The van der Waals surface area contributed by atoms with Crippen LogP contribution < -0.4 is 0 Å². The first-order valence-electron chi connectivity index (χ1n) is 7.57. The van der Waals surface area contributed by atoms with Gasteiger partial charge in [-0.05, 0) is 48.7 Å². The number of carbonyl (C=O) groups is 1.